The average molecular weight is 259 g/mol. The van der Waals surface area contributed by atoms with Gasteiger partial charge in [-0.1, -0.05) is 0 Å². The van der Waals surface area contributed by atoms with Crippen molar-refractivity contribution in [3.8, 4) is 5.75 Å². The van der Waals surface area contributed by atoms with Crippen LogP contribution in [0, 0.1) is 0 Å². The number of ether oxygens (including phenoxy) is 1. The summed E-state index contributed by atoms with van der Waals surface area (Å²) in [6.45, 7) is 3.42. The number of benzene rings is 1. The SMILES string of the molecule is CCOc1ccc(S(=O)(=O)O)cc1NC(C)=O. The zero-order chi connectivity index (χ0) is 13.1. The van der Waals surface area contributed by atoms with Crippen LogP contribution in [0.1, 0.15) is 13.8 Å². The summed E-state index contributed by atoms with van der Waals surface area (Å²) in [5.74, 6) is -0.0199. The van der Waals surface area contributed by atoms with Crippen LogP contribution >= 0.6 is 0 Å². The van der Waals surface area contributed by atoms with E-state index in [4.69, 9.17) is 9.29 Å². The molecule has 1 aromatic rings. The van der Waals surface area contributed by atoms with Gasteiger partial charge in [-0.2, -0.15) is 8.42 Å². The lowest BCUT2D eigenvalue weighted by atomic mass is 10.3. The minimum absolute atomic E-state index is 0.203. The van der Waals surface area contributed by atoms with Gasteiger partial charge >= 0.3 is 0 Å². The standard InChI is InChI=1S/C10H13NO5S/c1-3-16-10-5-4-8(17(13,14)15)6-9(10)11-7(2)12/h4-6H,3H2,1-2H3,(H,11,12)(H,13,14,15). The van der Waals surface area contributed by atoms with Crippen molar-refractivity contribution in [1.29, 1.82) is 0 Å². The molecule has 0 fully saturated rings. The third kappa shape index (κ3) is 3.72. The van der Waals surface area contributed by atoms with Crippen molar-refractivity contribution in [2.45, 2.75) is 18.7 Å². The van der Waals surface area contributed by atoms with Crippen LogP contribution in [0.3, 0.4) is 0 Å². The molecule has 1 amide bonds. The van der Waals surface area contributed by atoms with E-state index < -0.39 is 10.1 Å². The van der Waals surface area contributed by atoms with Crippen LogP contribution in [0.2, 0.25) is 0 Å². The Morgan fingerprint density at radius 3 is 2.59 bits per heavy atom. The molecule has 1 rings (SSSR count). The summed E-state index contributed by atoms with van der Waals surface area (Å²) in [5.41, 5.74) is 0.203. The minimum atomic E-state index is -4.30. The summed E-state index contributed by atoms with van der Waals surface area (Å²) >= 11 is 0. The van der Waals surface area contributed by atoms with Gasteiger partial charge in [0.1, 0.15) is 5.75 Å². The Morgan fingerprint density at radius 1 is 1.47 bits per heavy atom. The summed E-state index contributed by atoms with van der Waals surface area (Å²) < 4.78 is 36.0. The molecule has 17 heavy (non-hydrogen) atoms. The molecule has 94 valence electrons. The molecule has 0 saturated carbocycles. The minimum Gasteiger partial charge on any atom is -0.492 e. The predicted octanol–water partition coefficient (Wildman–Crippen LogP) is 1.29. The van der Waals surface area contributed by atoms with Gasteiger partial charge in [-0.25, -0.2) is 0 Å². The Bertz CT molecular complexity index is 523. The first-order valence-electron chi connectivity index (χ1n) is 4.86. The second kappa shape index (κ2) is 5.15. The number of hydrogen-bond donors (Lipinski definition) is 2. The molecule has 1 aromatic carbocycles. The lowest BCUT2D eigenvalue weighted by Gasteiger charge is -2.11. The Kier molecular flexibility index (Phi) is 4.08. The average Bonchev–Trinajstić information content (AvgIpc) is 2.18. The first kappa shape index (κ1) is 13.5. The fourth-order valence-electron chi connectivity index (χ4n) is 1.24. The Labute approximate surface area is 99.3 Å². The van der Waals surface area contributed by atoms with Crippen LogP contribution in [0.5, 0.6) is 5.75 Å². The van der Waals surface area contributed by atoms with Crippen molar-refractivity contribution in [1.82, 2.24) is 0 Å². The van der Waals surface area contributed by atoms with Crippen molar-refractivity contribution >= 4 is 21.7 Å². The molecular weight excluding hydrogens is 246 g/mol. The van der Waals surface area contributed by atoms with E-state index >= 15 is 0 Å². The Balaban J connectivity index is 3.23. The number of hydrogen-bond acceptors (Lipinski definition) is 4. The molecule has 0 unspecified atom stereocenters. The van der Waals surface area contributed by atoms with E-state index in [1.807, 2.05) is 0 Å². The maximum absolute atomic E-state index is 11.0. The fraction of sp³-hybridized carbons (Fsp3) is 0.300. The van der Waals surface area contributed by atoms with Crippen LogP contribution in [0.15, 0.2) is 23.1 Å². The van der Waals surface area contributed by atoms with Crippen molar-refractivity contribution < 1.29 is 22.5 Å². The number of carbonyl (C=O) groups excluding carboxylic acids is 1. The highest BCUT2D eigenvalue weighted by Crippen LogP contribution is 2.27. The Morgan fingerprint density at radius 2 is 2.12 bits per heavy atom. The summed E-state index contributed by atoms with van der Waals surface area (Å²) in [6, 6.07) is 3.71. The fourth-order valence-corrected chi connectivity index (χ4v) is 1.75. The molecule has 0 heterocycles. The number of rotatable bonds is 4. The highest BCUT2D eigenvalue weighted by atomic mass is 32.2. The molecule has 0 spiro atoms. The smallest absolute Gasteiger partial charge is 0.294 e. The maximum atomic E-state index is 11.0. The predicted molar refractivity (Wildman–Crippen MR) is 61.7 cm³/mol. The van der Waals surface area contributed by atoms with Gasteiger partial charge in [-0.05, 0) is 25.1 Å². The molecular formula is C10H13NO5S. The number of amides is 1. The van der Waals surface area contributed by atoms with Gasteiger partial charge < -0.3 is 10.1 Å². The van der Waals surface area contributed by atoms with Crippen molar-refractivity contribution in [2.75, 3.05) is 11.9 Å². The zero-order valence-electron chi connectivity index (χ0n) is 9.43. The highest BCUT2D eigenvalue weighted by molar-refractivity contribution is 7.85. The molecule has 0 saturated heterocycles. The van der Waals surface area contributed by atoms with Crippen LogP contribution in [-0.4, -0.2) is 25.5 Å². The van der Waals surface area contributed by atoms with Crippen molar-refractivity contribution in [2.24, 2.45) is 0 Å². The first-order chi connectivity index (χ1) is 7.84. The highest BCUT2D eigenvalue weighted by Gasteiger charge is 2.14. The molecule has 0 bridgehead atoms. The molecule has 0 aromatic heterocycles. The zero-order valence-corrected chi connectivity index (χ0v) is 10.2. The van der Waals surface area contributed by atoms with E-state index in [9.17, 15) is 13.2 Å². The van der Waals surface area contributed by atoms with Gasteiger partial charge in [0.25, 0.3) is 10.1 Å². The molecule has 0 aliphatic heterocycles. The Hall–Kier alpha value is -1.60. The molecule has 0 aliphatic carbocycles. The molecule has 0 aliphatic rings. The third-order valence-corrected chi connectivity index (χ3v) is 2.71. The lowest BCUT2D eigenvalue weighted by Crippen LogP contribution is -2.09. The summed E-state index contributed by atoms with van der Waals surface area (Å²) in [4.78, 5) is 10.7. The maximum Gasteiger partial charge on any atom is 0.294 e. The lowest BCUT2D eigenvalue weighted by molar-refractivity contribution is -0.114. The van der Waals surface area contributed by atoms with Gasteiger partial charge in [0.05, 0.1) is 17.2 Å². The molecule has 0 radical (unpaired) electrons. The molecule has 7 heteroatoms. The van der Waals surface area contributed by atoms with Crippen LogP contribution in [0.25, 0.3) is 0 Å². The van der Waals surface area contributed by atoms with E-state index in [1.165, 1.54) is 19.1 Å². The van der Waals surface area contributed by atoms with Gasteiger partial charge in [0.2, 0.25) is 5.91 Å². The topological polar surface area (TPSA) is 92.7 Å². The second-order valence-corrected chi connectivity index (χ2v) is 4.67. The van der Waals surface area contributed by atoms with Crippen LogP contribution in [0.4, 0.5) is 5.69 Å². The summed E-state index contributed by atoms with van der Waals surface area (Å²) in [5, 5.41) is 2.43. The monoisotopic (exact) mass is 259 g/mol. The van der Waals surface area contributed by atoms with Gasteiger partial charge in [-0.15, -0.1) is 0 Å². The largest absolute Gasteiger partial charge is 0.492 e. The quantitative estimate of drug-likeness (QED) is 0.795. The second-order valence-electron chi connectivity index (χ2n) is 3.25. The molecule has 6 nitrogen and oxygen atoms in total. The number of anilines is 1. The van der Waals surface area contributed by atoms with Crippen molar-refractivity contribution in [3.63, 3.8) is 0 Å². The van der Waals surface area contributed by atoms with Crippen molar-refractivity contribution in [3.05, 3.63) is 18.2 Å². The van der Waals surface area contributed by atoms with Crippen LogP contribution in [-0.2, 0) is 14.9 Å². The van der Waals surface area contributed by atoms with Gasteiger partial charge in [0, 0.05) is 6.92 Å². The van der Waals surface area contributed by atoms with E-state index in [-0.39, 0.29) is 16.5 Å². The van der Waals surface area contributed by atoms with E-state index in [0.29, 0.717) is 12.4 Å². The van der Waals surface area contributed by atoms with E-state index in [2.05, 4.69) is 5.32 Å². The normalized spacial score (nSPS) is 11.0. The molecule has 0 atom stereocenters. The number of carbonyl (C=O) groups is 1. The van der Waals surface area contributed by atoms with E-state index in [1.54, 1.807) is 6.92 Å². The summed E-state index contributed by atoms with van der Waals surface area (Å²) in [7, 11) is -4.30. The van der Waals surface area contributed by atoms with Gasteiger partial charge in [0.15, 0.2) is 0 Å². The van der Waals surface area contributed by atoms with Crippen LogP contribution < -0.4 is 10.1 Å². The summed E-state index contributed by atoms with van der Waals surface area (Å²) in [6.07, 6.45) is 0. The van der Waals surface area contributed by atoms with Gasteiger partial charge in [-0.3, -0.25) is 9.35 Å². The number of nitrogens with one attached hydrogen (secondary N) is 1. The third-order valence-electron chi connectivity index (χ3n) is 1.86. The molecule has 2 N–H and O–H groups in total. The van der Waals surface area contributed by atoms with E-state index in [0.717, 1.165) is 6.07 Å². The first-order valence-corrected chi connectivity index (χ1v) is 6.30.